The van der Waals surface area contributed by atoms with Crippen LogP contribution in [0.5, 0.6) is 0 Å². The Morgan fingerprint density at radius 3 is 1.95 bits per heavy atom. The van der Waals surface area contributed by atoms with Crippen LogP contribution in [0.1, 0.15) is 57.9 Å². The molecule has 0 unspecified atom stereocenters. The number of unbranched alkanes of at least 4 members (excludes halogenated alkanes) is 5. The average molecular weight is 309 g/mol. The maximum absolute atomic E-state index is 5.69. The Balaban J connectivity index is 1.92. The lowest BCUT2D eigenvalue weighted by atomic mass is 10.1. The summed E-state index contributed by atoms with van der Waals surface area (Å²) >= 11 is 0. The third kappa shape index (κ3) is 9.83. The van der Waals surface area contributed by atoms with Crippen LogP contribution in [-0.4, -0.2) is 22.5 Å². The largest absolute Gasteiger partial charge is 0.397 e. The topological polar surface area (TPSA) is 18.5 Å². The smallest absolute Gasteiger partial charge is 0.321 e. The summed E-state index contributed by atoms with van der Waals surface area (Å²) in [4.78, 5) is 0. The number of hydrogen-bond donors (Lipinski definition) is 0. The van der Waals surface area contributed by atoms with Crippen molar-refractivity contribution in [1.29, 1.82) is 0 Å². The molecule has 0 saturated heterocycles. The van der Waals surface area contributed by atoms with Crippen molar-refractivity contribution in [2.45, 2.75) is 64.8 Å². The first kappa shape index (κ1) is 18.4. The minimum atomic E-state index is -1.34. The first-order valence-electron chi connectivity index (χ1n) is 8.64. The molecule has 0 aromatic heterocycles. The third-order valence-electron chi connectivity index (χ3n) is 3.70. The lowest BCUT2D eigenvalue weighted by Crippen LogP contribution is -2.22. The van der Waals surface area contributed by atoms with E-state index in [1.165, 1.54) is 56.6 Å². The number of rotatable bonds is 13. The maximum atomic E-state index is 5.69. The van der Waals surface area contributed by atoms with E-state index in [9.17, 15) is 0 Å². The van der Waals surface area contributed by atoms with Gasteiger partial charge in [0.2, 0.25) is 0 Å². The highest BCUT2D eigenvalue weighted by Crippen LogP contribution is 2.12. The monoisotopic (exact) mass is 308 g/mol. The van der Waals surface area contributed by atoms with Crippen LogP contribution in [0.15, 0.2) is 30.3 Å². The summed E-state index contributed by atoms with van der Waals surface area (Å²) in [7, 11) is -1.34. The Morgan fingerprint density at radius 2 is 1.33 bits per heavy atom. The highest BCUT2D eigenvalue weighted by atomic mass is 28.3. The zero-order chi connectivity index (χ0) is 15.2. The Hall–Kier alpha value is -0.643. The van der Waals surface area contributed by atoms with Crippen LogP contribution in [0, 0.1) is 0 Å². The van der Waals surface area contributed by atoms with Crippen LogP contribution in [0.2, 0.25) is 6.04 Å². The van der Waals surface area contributed by atoms with E-state index in [-0.39, 0.29) is 0 Å². The standard InChI is InChI=1S/C18H32O2Si/c1-3-19-21(20-4-2)17-13-8-6-5-7-10-14-18-15-11-9-12-16-18/h9,11-12,15-16,21H,3-8,10,13-14,17H2,1-2H3. The summed E-state index contributed by atoms with van der Waals surface area (Å²) in [5.74, 6) is 0. The van der Waals surface area contributed by atoms with Gasteiger partial charge in [-0.05, 0) is 38.3 Å². The van der Waals surface area contributed by atoms with Crippen LogP contribution in [0.4, 0.5) is 0 Å². The summed E-state index contributed by atoms with van der Waals surface area (Å²) < 4.78 is 11.4. The van der Waals surface area contributed by atoms with Gasteiger partial charge in [0.05, 0.1) is 0 Å². The van der Waals surface area contributed by atoms with Crippen molar-refractivity contribution in [3.05, 3.63) is 35.9 Å². The summed E-state index contributed by atoms with van der Waals surface area (Å²) in [6, 6.07) is 12.0. The second-order valence-corrected chi connectivity index (χ2v) is 7.59. The van der Waals surface area contributed by atoms with Gasteiger partial charge in [0.25, 0.3) is 0 Å². The van der Waals surface area contributed by atoms with Gasteiger partial charge >= 0.3 is 9.28 Å². The van der Waals surface area contributed by atoms with Gasteiger partial charge in [0.1, 0.15) is 0 Å². The molecule has 0 heterocycles. The van der Waals surface area contributed by atoms with E-state index < -0.39 is 9.28 Å². The van der Waals surface area contributed by atoms with Gasteiger partial charge in [-0.15, -0.1) is 0 Å². The molecule has 0 aliphatic heterocycles. The summed E-state index contributed by atoms with van der Waals surface area (Å²) in [5, 5.41) is 0. The molecule has 2 nitrogen and oxygen atoms in total. The van der Waals surface area contributed by atoms with Gasteiger partial charge in [-0.2, -0.15) is 0 Å². The fraction of sp³-hybridized carbons (Fsp3) is 0.667. The Labute approximate surface area is 132 Å². The molecular weight excluding hydrogens is 276 g/mol. The predicted octanol–water partition coefficient (Wildman–Crippen LogP) is 4.86. The number of aryl methyl sites for hydroxylation is 1. The molecule has 0 N–H and O–H groups in total. The van der Waals surface area contributed by atoms with E-state index in [1.54, 1.807) is 0 Å². The molecule has 21 heavy (non-hydrogen) atoms. The van der Waals surface area contributed by atoms with Crippen molar-refractivity contribution in [1.82, 2.24) is 0 Å². The van der Waals surface area contributed by atoms with Crippen molar-refractivity contribution >= 4 is 9.28 Å². The fourth-order valence-electron chi connectivity index (χ4n) is 2.58. The molecule has 0 fully saturated rings. The normalized spacial score (nSPS) is 11.2. The van der Waals surface area contributed by atoms with E-state index >= 15 is 0 Å². The minimum absolute atomic E-state index is 0.802. The van der Waals surface area contributed by atoms with Gasteiger partial charge in [-0.3, -0.25) is 0 Å². The van der Waals surface area contributed by atoms with Crippen LogP contribution in [-0.2, 0) is 15.3 Å². The first-order chi connectivity index (χ1) is 10.4. The zero-order valence-electron chi connectivity index (χ0n) is 13.9. The molecule has 120 valence electrons. The predicted molar refractivity (Wildman–Crippen MR) is 93.1 cm³/mol. The van der Waals surface area contributed by atoms with Crippen molar-refractivity contribution in [3.63, 3.8) is 0 Å². The first-order valence-corrected chi connectivity index (χ1v) is 10.4. The van der Waals surface area contributed by atoms with Crippen LogP contribution >= 0.6 is 0 Å². The summed E-state index contributed by atoms with van der Waals surface area (Å²) in [6.45, 7) is 5.73. The van der Waals surface area contributed by atoms with Crippen LogP contribution in [0.3, 0.4) is 0 Å². The molecule has 0 saturated carbocycles. The van der Waals surface area contributed by atoms with E-state index in [0.717, 1.165) is 13.2 Å². The van der Waals surface area contributed by atoms with Gasteiger partial charge in [-0.25, -0.2) is 0 Å². The van der Waals surface area contributed by atoms with Gasteiger partial charge in [0, 0.05) is 13.2 Å². The second kappa shape index (κ2) is 13.1. The molecule has 0 aliphatic carbocycles. The minimum Gasteiger partial charge on any atom is -0.397 e. The Morgan fingerprint density at radius 1 is 0.762 bits per heavy atom. The Kier molecular flexibility index (Phi) is 11.4. The molecule has 0 aliphatic rings. The molecule has 0 bridgehead atoms. The van der Waals surface area contributed by atoms with Gasteiger partial charge in [0.15, 0.2) is 0 Å². The summed E-state index contributed by atoms with van der Waals surface area (Å²) in [6.07, 6.45) is 9.22. The molecule has 3 heteroatoms. The van der Waals surface area contributed by atoms with Crippen LogP contribution < -0.4 is 0 Å². The van der Waals surface area contributed by atoms with Crippen LogP contribution in [0.25, 0.3) is 0 Å². The third-order valence-corrected chi connectivity index (χ3v) is 5.99. The lowest BCUT2D eigenvalue weighted by Gasteiger charge is -2.14. The maximum Gasteiger partial charge on any atom is 0.321 e. The SMILES string of the molecule is CCO[SiH](CCCCCCCCc1ccccc1)OCC. The highest BCUT2D eigenvalue weighted by molar-refractivity contribution is 6.44. The van der Waals surface area contributed by atoms with Crippen molar-refractivity contribution in [2.75, 3.05) is 13.2 Å². The summed E-state index contributed by atoms with van der Waals surface area (Å²) in [5.41, 5.74) is 1.47. The van der Waals surface area contributed by atoms with E-state index in [2.05, 4.69) is 44.2 Å². The average Bonchev–Trinajstić information content (AvgIpc) is 2.51. The Bertz CT molecular complexity index is 323. The van der Waals surface area contributed by atoms with Crippen molar-refractivity contribution in [3.8, 4) is 0 Å². The van der Waals surface area contributed by atoms with E-state index in [4.69, 9.17) is 8.85 Å². The van der Waals surface area contributed by atoms with Crippen molar-refractivity contribution in [2.24, 2.45) is 0 Å². The second-order valence-electron chi connectivity index (χ2n) is 5.49. The quantitative estimate of drug-likeness (QED) is 0.382. The molecule has 0 amide bonds. The number of benzene rings is 1. The molecule has 1 rings (SSSR count). The number of hydrogen-bond acceptors (Lipinski definition) is 2. The van der Waals surface area contributed by atoms with Gasteiger partial charge in [-0.1, -0.05) is 62.4 Å². The van der Waals surface area contributed by atoms with E-state index in [1.807, 2.05) is 0 Å². The van der Waals surface area contributed by atoms with Gasteiger partial charge < -0.3 is 8.85 Å². The molecule has 0 radical (unpaired) electrons. The van der Waals surface area contributed by atoms with E-state index in [0.29, 0.717) is 0 Å². The molecule has 1 aromatic rings. The van der Waals surface area contributed by atoms with Crippen molar-refractivity contribution < 1.29 is 8.85 Å². The molecule has 0 atom stereocenters. The lowest BCUT2D eigenvalue weighted by molar-refractivity contribution is 0.212. The fourth-order valence-corrected chi connectivity index (χ4v) is 4.37. The molecule has 0 spiro atoms. The molecule has 1 aromatic carbocycles. The molecular formula is C18H32O2Si. The zero-order valence-corrected chi connectivity index (χ0v) is 15.0. The highest BCUT2D eigenvalue weighted by Gasteiger charge is 2.10.